The second-order valence-corrected chi connectivity index (χ2v) is 13.7. The van der Waals surface area contributed by atoms with Crippen LogP contribution in [-0.2, 0) is 5.41 Å². The third-order valence-corrected chi connectivity index (χ3v) is 9.83. The maximum absolute atomic E-state index is 13.5. The summed E-state index contributed by atoms with van der Waals surface area (Å²) in [6.07, 6.45) is 0. The van der Waals surface area contributed by atoms with Gasteiger partial charge in [0.1, 0.15) is 0 Å². The summed E-state index contributed by atoms with van der Waals surface area (Å²) in [5.74, 6) is 0.446. The molecule has 0 heterocycles. The zero-order valence-electron chi connectivity index (χ0n) is 20.9. The molecule has 0 N–H and O–H groups in total. The van der Waals surface area contributed by atoms with E-state index in [0.717, 1.165) is 0 Å². The minimum Gasteiger partial charge on any atom is -0.289 e. The number of carbonyl (C=O) groups is 2. The monoisotopic (exact) mass is 426 g/mol. The van der Waals surface area contributed by atoms with Gasteiger partial charge in [0.2, 0.25) is 0 Å². The lowest BCUT2D eigenvalue weighted by Gasteiger charge is -2.45. The Morgan fingerprint density at radius 2 is 1.06 bits per heavy atom. The molecule has 166 valence electrons. The van der Waals surface area contributed by atoms with E-state index in [1.54, 1.807) is 12.1 Å². The number of hydrogen-bond donors (Lipinski definition) is 0. The summed E-state index contributed by atoms with van der Waals surface area (Å²) in [5.41, 5.74) is 5.61. The lowest BCUT2D eigenvalue weighted by molar-refractivity contribution is 0.0944. The molecule has 5 aliphatic carbocycles. The van der Waals surface area contributed by atoms with Crippen LogP contribution in [0.5, 0.6) is 0 Å². The number of rotatable bonds is 0. The molecule has 0 aliphatic heterocycles. The van der Waals surface area contributed by atoms with Gasteiger partial charge in [0.25, 0.3) is 0 Å². The van der Waals surface area contributed by atoms with E-state index < -0.39 is 0 Å². The molecule has 2 aromatic carbocycles. The van der Waals surface area contributed by atoms with Crippen molar-refractivity contribution in [3.63, 3.8) is 0 Å². The average Bonchev–Trinajstić information content (AvgIpc) is 3.43. The lowest BCUT2D eigenvalue weighted by atomic mass is 9.58. The number of fused-ring (bicyclic) bond motifs is 2. The van der Waals surface area contributed by atoms with Gasteiger partial charge in [-0.3, -0.25) is 9.59 Å². The highest BCUT2D eigenvalue weighted by Gasteiger charge is 3.13. The first-order chi connectivity index (χ1) is 14.6. The molecule has 2 unspecified atom stereocenters. The molecule has 0 aromatic heterocycles. The quantitative estimate of drug-likeness (QED) is 0.390. The van der Waals surface area contributed by atoms with Gasteiger partial charge in [-0.25, -0.2) is 0 Å². The highest BCUT2D eigenvalue weighted by atomic mass is 16.1. The van der Waals surface area contributed by atoms with Crippen LogP contribution >= 0.6 is 0 Å². The topological polar surface area (TPSA) is 34.1 Å². The van der Waals surface area contributed by atoms with Gasteiger partial charge in [-0.15, -0.1) is 0 Å². The van der Waals surface area contributed by atoms with Crippen molar-refractivity contribution in [3.05, 3.63) is 69.8 Å². The first-order valence-corrected chi connectivity index (χ1v) is 12.0. The molecule has 2 saturated carbocycles. The molecule has 2 aromatic rings. The second kappa shape index (κ2) is 4.98. The van der Waals surface area contributed by atoms with Crippen LogP contribution < -0.4 is 0 Å². The summed E-state index contributed by atoms with van der Waals surface area (Å²) in [7, 11) is 0. The van der Waals surface area contributed by atoms with Gasteiger partial charge in [0.05, 0.1) is 0 Å². The molecule has 0 spiro atoms. The Kier molecular flexibility index (Phi) is 3.17. The van der Waals surface area contributed by atoms with E-state index in [1.165, 1.54) is 11.1 Å². The van der Waals surface area contributed by atoms with E-state index in [-0.39, 0.29) is 44.1 Å². The fourth-order valence-electron chi connectivity index (χ4n) is 9.82. The molecule has 5 aliphatic rings. The molecular weight excluding hydrogens is 392 g/mol. The predicted octanol–water partition coefficient (Wildman–Crippen LogP) is 6.94. The maximum Gasteiger partial charge on any atom is 0.194 e. The molecule has 2 bridgehead atoms. The van der Waals surface area contributed by atoms with Gasteiger partial charge >= 0.3 is 0 Å². The van der Waals surface area contributed by atoms with Crippen molar-refractivity contribution in [2.45, 2.75) is 73.6 Å². The van der Waals surface area contributed by atoms with Crippen molar-refractivity contribution in [1.82, 2.24) is 0 Å². The zero-order valence-corrected chi connectivity index (χ0v) is 20.9. The Morgan fingerprint density at radius 3 is 1.47 bits per heavy atom. The SMILES string of the molecule is CC(C)(C)C12c3cc4c(cc3C3C1(C(C)(C)C)C32C(C)(C)C)C(=O)c1ccccc1C4=O. The zero-order chi connectivity index (χ0) is 23.4. The van der Waals surface area contributed by atoms with Crippen molar-refractivity contribution < 1.29 is 9.59 Å². The summed E-state index contributed by atoms with van der Waals surface area (Å²) < 4.78 is 0. The Balaban J connectivity index is 1.68. The van der Waals surface area contributed by atoms with E-state index >= 15 is 0 Å². The van der Waals surface area contributed by atoms with Gasteiger partial charge in [-0.1, -0.05) is 86.6 Å². The number of hydrogen-bond acceptors (Lipinski definition) is 2. The molecule has 7 rings (SSSR count). The maximum atomic E-state index is 13.5. The lowest BCUT2D eigenvalue weighted by Crippen LogP contribution is -2.42. The fraction of sp³-hybridized carbons (Fsp3) is 0.533. The van der Waals surface area contributed by atoms with Crippen molar-refractivity contribution in [3.8, 4) is 0 Å². The van der Waals surface area contributed by atoms with Crippen LogP contribution in [0.1, 0.15) is 111 Å². The molecule has 0 amide bonds. The van der Waals surface area contributed by atoms with Crippen LogP contribution in [0.25, 0.3) is 0 Å². The standard InChI is InChI=1S/C30H34O2/c1-25(2,3)28-21-15-19-18(22(31)16-12-10-11-13-17(16)23(19)32)14-20(21)24-29(28,26(4,5)6)30(24,28)27(7,8)9/h10-15,24H,1-9H3. The number of ketones is 2. The van der Waals surface area contributed by atoms with Gasteiger partial charge in [0.15, 0.2) is 11.6 Å². The molecule has 0 saturated heterocycles. The highest BCUT2D eigenvalue weighted by molar-refractivity contribution is 6.28. The van der Waals surface area contributed by atoms with Crippen LogP contribution in [0, 0.1) is 27.1 Å². The van der Waals surface area contributed by atoms with Crippen LogP contribution in [0.4, 0.5) is 0 Å². The average molecular weight is 427 g/mol. The van der Waals surface area contributed by atoms with Crippen molar-refractivity contribution >= 4 is 11.6 Å². The minimum absolute atomic E-state index is 0.00322. The Hall–Kier alpha value is -2.22. The summed E-state index contributed by atoms with van der Waals surface area (Å²) in [4.78, 5) is 27.0. The summed E-state index contributed by atoms with van der Waals surface area (Å²) in [6, 6.07) is 11.6. The normalized spacial score (nSPS) is 34.0. The van der Waals surface area contributed by atoms with Crippen molar-refractivity contribution in [1.29, 1.82) is 0 Å². The smallest absolute Gasteiger partial charge is 0.194 e. The second-order valence-electron chi connectivity index (χ2n) is 13.7. The first kappa shape index (κ1) is 20.4. The molecule has 2 fully saturated rings. The van der Waals surface area contributed by atoms with E-state index in [4.69, 9.17) is 0 Å². The van der Waals surface area contributed by atoms with Crippen LogP contribution in [-0.4, -0.2) is 11.6 Å². The summed E-state index contributed by atoms with van der Waals surface area (Å²) >= 11 is 0. The van der Waals surface area contributed by atoms with Crippen LogP contribution in [0.3, 0.4) is 0 Å². The van der Waals surface area contributed by atoms with E-state index in [1.807, 2.05) is 12.1 Å². The van der Waals surface area contributed by atoms with E-state index in [0.29, 0.717) is 28.2 Å². The molecule has 0 radical (unpaired) electrons. The Morgan fingerprint density at radius 1 is 0.625 bits per heavy atom. The largest absolute Gasteiger partial charge is 0.289 e. The van der Waals surface area contributed by atoms with E-state index in [2.05, 4.69) is 74.4 Å². The van der Waals surface area contributed by atoms with Gasteiger partial charge in [-0.05, 0) is 45.4 Å². The molecular formula is C30H34O2. The minimum atomic E-state index is -0.00391. The van der Waals surface area contributed by atoms with Crippen LogP contribution in [0.15, 0.2) is 36.4 Å². The van der Waals surface area contributed by atoms with Gasteiger partial charge < -0.3 is 0 Å². The summed E-state index contributed by atoms with van der Waals surface area (Å²) in [5, 5.41) is 0. The highest BCUT2D eigenvalue weighted by Crippen LogP contribution is 3.16. The summed E-state index contributed by atoms with van der Waals surface area (Å²) in [6.45, 7) is 21.6. The molecule has 2 atom stereocenters. The van der Waals surface area contributed by atoms with Crippen LogP contribution in [0.2, 0.25) is 0 Å². The first-order valence-electron chi connectivity index (χ1n) is 12.0. The Bertz CT molecular complexity index is 1250. The third kappa shape index (κ3) is 1.57. The third-order valence-electron chi connectivity index (χ3n) is 9.83. The van der Waals surface area contributed by atoms with E-state index in [9.17, 15) is 9.59 Å². The van der Waals surface area contributed by atoms with Crippen molar-refractivity contribution in [2.75, 3.05) is 0 Å². The van der Waals surface area contributed by atoms with Crippen molar-refractivity contribution in [2.24, 2.45) is 27.1 Å². The Labute approximate surface area is 191 Å². The molecule has 32 heavy (non-hydrogen) atoms. The number of carbonyl (C=O) groups excluding carboxylic acids is 2. The number of benzene rings is 2. The predicted molar refractivity (Wildman–Crippen MR) is 127 cm³/mol. The fourth-order valence-corrected chi connectivity index (χ4v) is 9.82. The van der Waals surface area contributed by atoms with Gasteiger partial charge in [-0.2, -0.15) is 0 Å². The van der Waals surface area contributed by atoms with Gasteiger partial charge in [0, 0.05) is 38.5 Å². The molecule has 2 heteroatoms. The molecule has 2 nitrogen and oxygen atoms in total.